The second kappa shape index (κ2) is 6.83. The van der Waals surface area contributed by atoms with Crippen LogP contribution in [0.3, 0.4) is 0 Å². The minimum atomic E-state index is -0.0161. The molecule has 4 nitrogen and oxygen atoms in total. The van der Waals surface area contributed by atoms with Gasteiger partial charge in [0.1, 0.15) is 5.52 Å². The van der Waals surface area contributed by atoms with Crippen molar-refractivity contribution in [1.29, 1.82) is 0 Å². The topological polar surface area (TPSA) is 36.4 Å². The van der Waals surface area contributed by atoms with Crippen LogP contribution in [0.4, 0.5) is 5.13 Å². The number of nitrogens with zero attached hydrogens (tertiary/aromatic N) is 3. The SMILES string of the molecule is O=C(c1ccccc1Cl)N1CCN(c2nc3c(Cl)cccc3s2)CC1. The van der Waals surface area contributed by atoms with Crippen LogP contribution in [0.1, 0.15) is 10.4 Å². The number of thiazole rings is 1. The molecule has 0 radical (unpaired) electrons. The first-order valence-electron chi connectivity index (χ1n) is 7.97. The first-order valence-corrected chi connectivity index (χ1v) is 9.54. The highest BCUT2D eigenvalue weighted by Gasteiger charge is 2.25. The average Bonchev–Trinajstić information content (AvgIpc) is 3.07. The summed E-state index contributed by atoms with van der Waals surface area (Å²) in [6.45, 7) is 2.78. The molecule has 1 aliphatic rings. The summed E-state index contributed by atoms with van der Waals surface area (Å²) >= 11 is 14.0. The first kappa shape index (κ1) is 16.6. The van der Waals surface area contributed by atoms with Crippen LogP contribution >= 0.6 is 34.5 Å². The van der Waals surface area contributed by atoms with Gasteiger partial charge in [-0.3, -0.25) is 4.79 Å². The Balaban J connectivity index is 1.48. The standard InChI is InChI=1S/C18H15Cl2N3OS/c19-13-5-2-1-4-12(13)17(24)22-8-10-23(11-9-22)18-21-16-14(20)6-3-7-15(16)25-18/h1-7H,8-11H2. The lowest BCUT2D eigenvalue weighted by Gasteiger charge is -2.34. The number of aromatic nitrogens is 1. The van der Waals surface area contributed by atoms with Gasteiger partial charge in [0.15, 0.2) is 5.13 Å². The minimum absolute atomic E-state index is 0.0161. The van der Waals surface area contributed by atoms with E-state index in [1.807, 2.05) is 35.2 Å². The molecule has 1 saturated heterocycles. The molecule has 4 rings (SSSR count). The van der Waals surface area contributed by atoms with E-state index in [0.29, 0.717) is 28.7 Å². The maximum Gasteiger partial charge on any atom is 0.255 e. The van der Waals surface area contributed by atoms with E-state index < -0.39 is 0 Å². The van der Waals surface area contributed by atoms with E-state index in [2.05, 4.69) is 9.88 Å². The molecule has 0 unspecified atom stereocenters. The van der Waals surface area contributed by atoms with Crippen LogP contribution in [0, 0.1) is 0 Å². The number of halogens is 2. The Bertz CT molecular complexity index is 935. The molecule has 0 N–H and O–H groups in total. The normalized spacial score (nSPS) is 15.0. The largest absolute Gasteiger partial charge is 0.345 e. The number of carbonyl (C=O) groups is 1. The highest BCUT2D eigenvalue weighted by Crippen LogP contribution is 2.33. The van der Waals surface area contributed by atoms with Gasteiger partial charge in [-0.1, -0.05) is 52.7 Å². The third kappa shape index (κ3) is 3.19. The Morgan fingerprint density at radius 2 is 1.68 bits per heavy atom. The Morgan fingerprint density at radius 3 is 2.40 bits per heavy atom. The van der Waals surface area contributed by atoms with Crippen molar-refractivity contribution in [3.8, 4) is 0 Å². The minimum Gasteiger partial charge on any atom is -0.345 e. The second-order valence-corrected chi connectivity index (χ2v) is 7.67. The quantitative estimate of drug-likeness (QED) is 0.641. The summed E-state index contributed by atoms with van der Waals surface area (Å²) in [5, 5.41) is 2.12. The maximum atomic E-state index is 12.6. The van der Waals surface area contributed by atoms with Crippen LogP contribution in [0.2, 0.25) is 10.0 Å². The summed E-state index contributed by atoms with van der Waals surface area (Å²) in [6.07, 6.45) is 0. The van der Waals surface area contributed by atoms with E-state index in [1.165, 1.54) is 0 Å². The van der Waals surface area contributed by atoms with Crippen LogP contribution in [-0.2, 0) is 0 Å². The molecule has 2 aromatic carbocycles. The number of hydrogen-bond acceptors (Lipinski definition) is 4. The number of hydrogen-bond donors (Lipinski definition) is 0. The summed E-state index contributed by atoms with van der Waals surface area (Å²) in [6, 6.07) is 13.0. The summed E-state index contributed by atoms with van der Waals surface area (Å²) in [4.78, 5) is 21.4. The van der Waals surface area contributed by atoms with Crippen LogP contribution in [0.15, 0.2) is 42.5 Å². The van der Waals surface area contributed by atoms with Gasteiger partial charge in [-0.25, -0.2) is 4.98 Å². The van der Waals surface area contributed by atoms with E-state index >= 15 is 0 Å². The van der Waals surface area contributed by atoms with Crippen molar-refractivity contribution in [2.24, 2.45) is 0 Å². The van der Waals surface area contributed by atoms with E-state index in [1.54, 1.807) is 23.5 Å². The molecule has 0 atom stereocenters. The van der Waals surface area contributed by atoms with Gasteiger partial charge in [-0.2, -0.15) is 0 Å². The van der Waals surface area contributed by atoms with Crippen molar-refractivity contribution in [1.82, 2.24) is 9.88 Å². The Labute approximate surface area is 159 Å². The van der Waals surface area contributed by atoms with Gasteiger partial charge in [-0.05, 0) is 24.3 Å². The number of amides is 1. The predicted molar refractivity (Wildman–Crippen MR) is 104 cm³/mol. The summed E-state index contributed by atoms with van der Waals surface area (Å²) in [5.74, 6) is -0.0161. The Hall–Kier alpha value is -1.82. The monoisotopic (exact) mass is 391 g/mol. The maximum absolute atomic E-state index is 12.6. The zero-order valence-corrected chi connectivity index (χ0v) is 15.6. The van der Waals surface area contributed by atoms with Crippen LogP contribution in [-0.4, -0.2) is 42.0 Å². The molecule has 1 aliphatic heterocycles. The van der Waals surface area contributed by atoms with Gasteiger partial charge in [0.2, 0.25) is 0 Å². The molecular formula is C18H15Cl2N3OS. The number of para-hydroxylation sites is 1. The smallest absolute Gasteiger partial charge is 0.255 e. The lowest BCUT2D eigenvalue weighted by atomic mass is 10.2. The number of piperazine rings is 1. The third-order valence-corrected chi connectivity index (χ3v) is 6.02. The summed E-state index contributed by atoms with van der Waals surface area (Å²) < 4.78 is 1.08. The molecule has 1 amide bonds. The van der Waals surface area contributed by atoms with Gasteiger partial charge in [0.25, 0.3) is 5.91 Å². The molecule has 1 aromatic heterocycles. The molecule has 1 fully saturated rings. The molecule has 128 valence electrons. The lowest BCUT2D eigenvalue weighted by Crippen LogP contribution is -2.48. The van der Waals surface area contributed by atoms with Crippen molar-refractivity contribution in [2.45, 2.75) is 0 Å². The van der Waals surface area contributed by atoms with E-state index in [0.717, 1.165) is 28.4 Å². The molecule has 0 bridgehead atoms. The number of rotatable bonds is 2. The van der Waals surface area contributed by atoms with Gasteiger partial charge >= 0.3 is 0 Å². The zero-order valence-electron chi connectivity index (χ0n) is 13.3. The fourth-order valence-corrected chi connectivity index (χ4v) is 4.48. The van der Waals surface area contributed by atoms with Crippen LogP contribution in [0.25, 0.3) is 10.2 Å². The van der Waals surface area contributed by atoms with Crippen LogP contribution in [0.5, 0.6) is 0 Å². The van der Waals surface area contributed by atoms with Gasteiger partial charge < -0.3 is 9.80 Å². The fraction of sp³-hybridized carbons (Fsp3) is 0.222. The number of anilines is 1. The van der Waals surface area contributed by atoms with E-state index in [4.69, 9.17) is 23.2 Å². The average molecular weight is 392 g/mol. The van der Waals surface area contributed by atoms with Gasteiger partial charge in [0, 0.05) is 26.2 Å². The van der Waals surface area contributed by atoms with Crippen molar-refractivity contribution >= 4 is 55.8 Å². The lowest BCUT2D eigenvalue weighted by molar-refractivity contribution is 0.0747. The Kier molecular flexibility index (Phi) is 4.54. The van der Waals surface area contributed by atoms with Gasteiger partial charge in [0.05, 0.1) is 20.3 Å². The van der Waals surface area contributed by atoms with Crippen molar-refractivity contribution < 1.29 is 4.79 Å². The third-order valence-electron chi connectivity index (χ3n) is 4.30. The molecule has 7 heteroatoms. The zero-order chi connectivity index (χ0) is 17.4. The highest BCUT2D eigenvalue weighted by molar-refractivity contribution is 7.22. The first-order chi connectivity index (χ1) is 12.1. The number of benzene rings is 2. The molecule has 2 heterocycles. The molecule has 0 aliphatic carbocycles. The molecule has 0 spiro atoms. The van der Waals surface area contributed by atoms with Crippen molar-refractivity contribution in [2.75, 3.05) is 31.1 Å². The number of fused-ring (bicyclic) bond motifs is 1. The molecule has 0 saturated carbocycles. The molecular weight excluding hydrogens is 377 g/mol. The predicted octanol–water partition coefficient (Wildman–Crippen LogP) is 4.57. The Morgan fingerprint density at radius 1 is 0.960 bits per heavy atom. The molecule has 3 aromatic rings. The van der Waals surface area contributed by atoms with E-state index in [9.17, 15) is 4.79 Å². The number of carbonyl (C=O) groups excluding carboxylic acids is 1. The summed E-state index contributed by atoms with van der Waals surface area (Å²) in [7, 11) is 0. The summed E-state index contributed by atoms with van der Waals surface area (Å²) in [5.41, 5.74) is 1.41. The van der Waals surface area contributed by atoms with Crippen molar-refractivity contribution in [3.63, 3.8) is 0 Å². The highest BCUT2D eigenvalue weighted by atomic mass is 35.5. The fourth-order valence-electron chi connectivity index (χ4n) is 2.94. The van der Waals surface area contributed by atoms with Crippen LogP contribution < -0.4 is 4.90 Å². The molecule has 25 heavy (non-hydrogen) atoms. The second-order valence-electron chi connectivity index (χ2n) is 5.84. The van der Waals surface area contributed by atoms with Crippen molar-refractivity contribution in [3.05, 3.63) is 58.1 Å². The van der Waals surface area contributed by atoms with E-state index in [-0.39, 0.29) is 5.91 Å². The van der Waals surface area contributed by atoms with Gasteiger partial charge in [-0.15, -0.1) is 0 Å².